The van der Waals surface area contributed by atoms with Crippen molar-refractivity contribution >= 4 is 50.5 Å². The molecule has 0 heterocycles. The van der Waals surface area contributed by atoms with Crippen LogP contribution in [0.25, 0.3) is 0 Å². The number of hydrogen-bond donors (Lipinski definition) is 2. The van der Waals surface area contributed by atoms with Gasteiger partial charge in [0.05, 0.1) is 44.4 Å². The molecule has 0 unspecified atom stereocenters. The quantitative estimate of drug-likeness (QED) is 0.550. The molecule has 152 valence electrons. The van der Waals surface area contributed by atoms with Gasteiger partial charge in [-0.15, -0.1) is 0 Å². The second kappa shape index (κ2) is 9.18. The van der Waals surface area contributed by atoms with Crippen LogP contribution in [0, 0.1) is 11.3 Å². The van der Waals surface area contributed by atoms with E-state index in [0.29, 0.717) is 11.1 Å². The Hall–Kier alpha value is -3.05. The summed E-state index contributed by atoms with van der Waals surface area (Å²) in [5.74, 6) is -0.360. The number of halogens is 2. The number of benzene rings is 3. The van der Waals surface area contributed by atoms with Crippen LogP contribution in [0.2, 0.25) is 10.0 Å². The van der Waals surface area contributed by atoms with E-state index in [4.69, 9.17) is 28.5 Å². The first-order valence-corrected chi connectivity index (χ1v) is 10.9. The zero-order chi connectivity index (χ0) is 21.7. The highest BCUT2D eigenvalue weighted by molar-refractivity contribution is 7.92. The van der Waals surface area contributed by atoms with Gasteiger partial charge in [-0.25, -0.2) is 8.42 Å². The van der Waals surface area contributed by atoms with E-state index in [1.54, 1.807) is 42.5 Å². The number of nitriles is 1. The number of carbonyl (C=O) groups is 1. The van der Waals surface area contributed by atoms with Gasteiger partial charge >= 0.3 is 0 Å². The van der Waals surface area contributed by atoms with Gasteiger partial charge in [0, 0.05) is 0 Å². The smallest absolute Gasteiger partial charge is 0.261 e. The van der Waals surface area contributed by atoms with Crippen molar-refractivity contribution in [2.75, 3.05) is 10.0 Å². The van der Waals surface area contributed by atoms with E-state index in [1.807, 2.05) is 6.07 Å². The number of carbonyl (C=O) groups excluding carboxylic acids is 1. The molecule has 0 saturated heterocycles. The minimum Gasteiger partial charge on any atom is -0.323 e. The lowest BCUT2D eigenvalue weighted by Gasteiger charge is -2.13. The van der Waals surface area contributed by atoms with Crippen LogP contribution < -0.4 is 10.0 Å². The lowest BCUT2D eigenvalue weighted by molar-refractivity contribution is -0.115. The second-order valence-corrected chi connectivity index (χ2v) is 8.76. The van der Waals surface area contributed by atoms with Crippen LogP contribution >= 0.6 is 23.2 Å². The van der Waals surface area contributed by atoms with E-state index in [9.17, 15) is 13.2 Å². The maximum Gasteiger partial charge on any atom is 0.261 e. The molecule has 2 N–H and O–H groups in total. The minimum atomic E-state index is -3.81. The van der Waals surface area contributed by atoms with Crippen LogP contribution in [0.5, 0.6) is 0 Å². The van der Waals surface area contributed by atoms with Crippen molar-refractivity contribution in [2.45, 2.75) is 11.3 Å². The van der Waals surface area contributed by atoms with Gasteiger partial charge in [-0.05, 0) is 42.0 Å². The maximum absolute atomic E-state index is 12.4. The monoisotopic (exact) mass is 459 g/mol. The number of sulfonamides is 1. The number of nitrogens with zero attached hydrogens (tertiary/aromatic N) is 1. The molecule has 0 spiro atoms. The molecule has 0 radical (unpaired) electrons. The summed E-state index contributed by atoms with van der Waals surface area (Å²) in [7, 11) is -3.81. The summed E-state index contributed by atoms with van der Waals surface area (Å²) in [6.45, 7) is 0. The Morgan fingerprint density at radius 3 is 2.13 bits per heavy atom. The first-order chi connectivity index (χ1) is 14.3. The number of anilines is 2. The third-order valence-corrected chi connectivity index (χ3v) is 6.05. The van der Waals surface area contributed by atoms with Gasteiger partial charge in [0.2, 0.25) is 5.91 Å². The summed E-state index contributed by atoms with van der Waals surface area (Å²) >= 11 is 12.5. The summed E-state index contributed by atoms with van der Waals surface area (Å²) < 4.78 is 27.3. The summed E-state index contributed by atoms with van der Waals surface area (Å²) in [6.07, 6.45) is 0.0563. The molecule has 3 rings (SSSR count). The Labute approximate surface area is 184 Å². The topological polar surface area (TPSA) is 99.1 Å². The third-order valence-electron chi connectivity index (χ3n) is 4.06. The van der Waals surface area contributed by atoms with Crippen LogP contribution in [-0.4, -0.2) is 14.3 Å². The predicted molar refractivity (Wildman–Crippen MR) is 117 cm³/mol. The first kappa shape index (κ1) is 21.7. The van der Waals surface area contributed by atoms with Gasteiger partial charge < -0.3 is 5.32 Å². The van der Waals surface area contributed by atoms with Crippen molar-refractivity contribution in [3.63, 3.8) is 0 Å². The van der Waals surface area contributed by atoms with Crippen molar-refractivity contribution in [3.8, 4) is 6.07 Å². The number of amides is 1. The fourth-order valence-corrected chi connectivity index (χ4v) is 4.27. The predicted octanol–water partition coefficient (Wildman–Crippen LogP) is 4.85. The Kier molecular flexibility index (Phi) is 6.63. The molecule has 9 heteroatoms. The Morgan fingerprint density at radius 2 is 1.57 bits per heavy atom. The average molecular weight is 460 g/mol. The van der Waals surface area contributed by atoms with Gasteiger partial charge in [-0.1, -0.05) is 53.5 Å². The maximum atomic E-state index is 12.4. The summed E-state index contributed by atoms with van der Waals surface area (Å²) in [5.41, 5.74) is 1.56. The molecule has 6 nitrogen and oxygen atoms in total. The molecule has 3 aromatic rings. The molecule has 3 aromatic carbocycles. The van der Waals surface area contributed by atoms with Crippen molar-refractivity contribution < 1.29 is 13.2 Å². The number of nitrogens with one attached hydrogen (secondary N) is 2. The van der Waals surface area contributed by atoms with Gasteiger partial charge in [-0.2, -0.15) is 5.26 Å². The van der Waals surface area contributed by atoms with E-state index in [0.717, 1.165) is 0 Å². The van der Waals surface area contributed by atoms with Gasteiger partial charge in [-0.3, -0.25) is 9.52 Å². The molecule has 0 aliphatic rings. The fourth-order valence-electron chi connectivity index (χ4n) is 2.63. The second-order valence-electron chi connectivity index (χ2n) is 6.27. The summed E-state index contributed by atoms with van der Waals surface area (Å²) in [6, 6.07) is 19.2. The number of rotatable bonds is 6. The van der Waals surface area contributed by atoms with Gasteiger partial charge in [0.25, 0.3) is 10.0 Å². The standard InChI is InChI=1S/C21H15Cl2N3O3S/c22-18-11-16(26-30(28,29)17-4-2-1-3-5-17)12-19(23)21(18)25-20(27)10-14-6-8-15(13-24)9-7-14/h1-9,11-12,26H,10H2,(H,25,27). The first-order valence-electron chi connectivity index (χ1n) is 8.64. The average Bonchev–Trinajstić information content (AvgIpc) is 2.72. The van der Waals surface area contributed by atoms with Crippen LogP contribution in [0.1, 0.15) is 11.1 Å². The molecule has 1 amide bonds. The molecular formula is C21H15Cl2N3O3S. The zero-order valence-corrected chi connectivity index (χ0v) is 17.7. The highest BCUT2D eigenvalue weighted by Gasteiger charge is 2.17. The van der Waals surface area contributed by atoms with Crippen molar-refractivity contribution in [2.24, 2.45) is 0 Å². The Bertz CT molecular complexity index is 1200. The number of hydrogen-bond acceptors (Lipinski definition) is 4. The highest BCUT2D eigenvalue weighted by Crippen LogP contribution is 2.34. The SMILES string of the molecule is N#Cc1ccc(CC(=O)Nc2c(Cl)cc(NS(=O)(=O)c3ccccc3)cc2Cl)cc1. The highest BCUT2D eigenvalue weighted by atomic mass is 35.5. The van der Waals surface area contributed by atoms with E-state index in [2.05, 4.69) is 10.0 Å². The van der Waals surface area contributed by atoms with Crippen LogP contribution in [-0.2, 0) is 21.2 Å². The molecular weight excluding hydrogens is 445 g/mol. The van der Waals surface area contributed by atoms with Crippen LogP contribution in [0.3, 0.4) is 0 Å². The van der Waals surface area contributed by atoms with Crippen molar-refractivity contribution in [1.29, 1.82) is 5.26 Å². The molecule has 30 heavy (non-hydrogen) atoms. The molecule has 0 aliphatic carbocycles. The molecule has 0 fully saturated rings. The van der Waals surface area contributed by atoms with E-state index in [1.165, 1.54) is 24.3 Å². The molecule has 0 atom stereocenters. The van der Waals surface area contributed by atoms with Crippen LogP contribution in [0.15, 0.2) is 71.6 Å². The summed E-state index contributed by atoms with van der Waals surface area (Å²) in [4.78, 5) is 12.4. The largest absolute Gasteiger partial charge is 0.323 e. The van der Waals surface area contributed by atoms with E-state index < -0.39 is 10.0 Å². The normalized spacial score (nSPS) is 10.8. The third kappa shape index (κ3) is 5.30. The van der Waals surface area contributed by atoms with Crippen molar-refractivity contribution in [1.82, 2.24) is 0 Å². The van der Waals surface area contributed by atoms with E-state index in [-0.39, 0.29) is 38.6 Å². The molecule has 0 saturated carbocycles. The molecule has 0 aliphatic heterocycles. The van der Waals surface area contributed by atoms with E-state index >= 15 is 0 Å². The molecule has 0 bridgehead atoms. The summed E-state index contributed by atoms with van der Waals surface area (Å²) in [5, 5.41) is 11.6. The fraction of sp³-hybridized carbons (Fsp3) is 0.0476. The lowest BCUT2D eigenvalue weighted by Crippen LogP contribution is -2.16. The molecule has 0 aromatic heterocycles. The lowest BCUT2D eigenvalue weighted by atomic mass is 10.1. The van der Waals surface area contributed by atoms with Gasteiger partial charge in [0.1, 0.15) is 0 Å². The minimum absolute atomic E-state index is 0.0563. The van der Waals surface area contributed by atoms with Crippen LogP contribution in [0.4, 0.5) is 11.4 Å². The Morgan fingerprint density at radius 1 is 0.967 bits per heavy atom. The zero-order valence-electron chi connectivity index (χ0n) is 15.4. The van der Waals surface area contributed by atoms with Crippen molar-refractivity contribution in [3.05, 3.63) is 87.9 Å². The van der Waals surface area contributed by atoms with Gasteiger partial charge in [0.15, 0.2) is 0 Å². The Balaban J connectivity index is 1.74.